The van der Waals surface area contributed by atoms with Crippen LogP contribution in [-0.4, -0.2) is 49.1 Å². The molecule has 2 aromatic carbocycles. The molecule has 1 fully saturated rings. The summed E-state index contributed by atoms with van der Waals surface area (Å²) in [6.45, 7) is 6.59. The normalized spacial score (nSPS) is 17.7. The molecule has 1 N–H and O–H groups in total. The number of nitrogens with one attached hydrogen (secondary N) is 1. The highest BCUT2D eigenvalue weighted by Gasteiger charge is 2.37. The Bertz CT molecular complexity index is 1040. The monoisotopic (exact) mass is 443 g/mol. The van der Waals surface area contributed by atoms with Gasteiger partial charge in [-0.1, -0.05) is 50.2 Å². The first-order valence-corrected chi connectivity index (χ1v) is 12.0. The Morgan fingerprint density at radius 2 is 1.81 bits per heavy atom. The van der Waals surface area contributed by atoms with Crippen molar-refractivity contribution in [1.82, 2.24) is 9.21 Å². The molecule has 0 saturated carbocycles. The summed E-state index contributed by atoms with van der Waals surface area (Å²) >= 11 is 0. The van der Waals surface area contributed by atoms with E-state index in [-0.39, 0.29) is 29.2 Å². The lowest BCUT2D eigenvalue weighted by Crippen LogP contribution is -2.31. The van der Waals surface area contributed by atoms with Gasteiger partial charge in [0.15, 0.2) is 0 Å². The largest absolute Gasteiger partial charge is 0.335 e. The second-order valence-corrected chi connectivity index (χ2v) is 9.58. The highest BCUT2D eigenvalue weighted by Crippen LogP contribution is 2.29. The molecule has 1 heterocycles. The first-order chi connectivity index (χ1) is 14.8. The lowest BCUT2D eigenvalue weighted by Gasteiger charge is -2.25. The highest BCUT2D eigenvalue weighted by atomic mass is 32.2. The van der Waals surface area contributed by atoms with Gasteiger partial charge in [0.2, 0.25) is 21.8 Å². The van der Waals surface area contributed by atoms with Crippen LogP contribution in [0, 0.1) is 5.92 Å². The fourth-order valence-corrected chi connectivity index (χ4v) is 5.39. The standard InChI is InChI=1S/C23H29N3O4S/c1-4-25(5-2)31(29,30)21-13-9-12-20(15-21)24-23(28)19-14-22(27)26(16-19)17(3)18-10-7-6-8-11-18/h6-13,15,17,19H,4-5,14,16H2,1-3H3,(H,24,28)/t17-,19+/m1/s1. The Hall–Kier alpha value is -2.71. The number of carbonyl (C=O) groups is 2. The molecular weight excluding hydrogens is 414 g/mol. The maximum atomic E-state index is 12.8. The third-order valence-electron chi connectivity index (χ3n) is 5.72. The minimum Gasteiger partial charge on any atom is -0.335 e. The number of hydrogen-bond acceptors (Lipinski definition) is 4. The third kappa shape index (κ3) is 4.97. The molecule has 0 unspecified atom stereocenters. The van der Waals surface area contributed by atoms with Gasteiger partial charge in [-0.25, -0.2) is 8.42 Å². The van der Waals surface area contributed by atoms with E-state index >= 15 is 0 Å². The number of carbonyl (C=O) groups excluding carboxylic acids is 2. The van der Waals surface area contributed by atoms with Crippen LogP contribution >= 0.6 is 0 Å². The molecule has 0 radical (unpaired) electrons. The molecule has 0 bridgehead atoms. The Morgan fingerprint density at radius 1 is 1.13 bits per heavy atom. The third-order valence-corrected chi connectivity index (χ3v) is 7.77. The second-order valence-electron chi connectivity index (χ2n) is 7.64. The Kier molecular flexibility index (Phi) is 7.12. The molecule has 7 nitrogen and oxygen atoms in total. The zero-order valence-electron chi connectivity index (χ0n) is 18.1. The number of nitrogens with zero attached hydrogens (tertiary/aromatic N) is 2. The van der Waals surface area contributed by atoms with Crippen LogP contribution in [0.1, 0.15) is 38.8 Å². The van der Waals surface area contributed by atoms with E-state index in [1.54, 1.807) is 30.9 Å². The van der Waals surface area contributed by atoms with Crippen LogP contribution < -0.4 is 5.32 Å². The van der Waals surface area contributed by atoms with Crippen LogP contribution in [-0.2, 0) is 19.6 Å². The van der Waals surface area contributed by atoms with Gasteiger partial charge in [0.05, 0.1) is 16.9 Å². The van der Waals surface area contributed by atoms with E-state index in [1.165, 1.54) is 16.4 Å². The van der Waals surface area contributed by atoms with Gasteiger partial charge in [0.25, 0.3) is 0 Å². The van der Waals surface area contributed by atoms with Crippen molar-refractivity contribution in [1.29, 1.82) is 0 Å². The number of rotatable bonds is 8. The van der Waals surface area contributed by atoms with Crippen molar-refractivity contribution in [2.24, 2.45) is 5.92 Å². The summed E-state index contributed by atoms with van der Waals surface area (Å²) in [5, 5.41) is 2.79. The predicted octanol–water partition coefficient (Wildman–Crippen LogP) is 3.27. The van der Waals surface area contributed by atoms with Gasteiger partial charge in [-0.05, 0) is 30.7 Å². The van der Waals surface area contributed by atoms with Gasteiger partial charge in [-0.15, -0.1) is 0 Å². The van der Waals surface area contributed by atoms with Crippen LogP contribution in [0.15, 0.2) is 59.5 Å². The first-order valence-electron chi connectivity index (χ1n) is 10.5. The van der Waals surface area contributed by atoms with Crippen molar-refractivity contribution in [3.63, 3.8) is 0 Å². The molecule has 31 heavy (non-hydrogen) atoms. The zero-order chi connectivity index (χ0) is 22.6. The molecule has 8 heteroatoms. The fourth-order valence-electron chi connectivity index (χ4n) is 3.88. The quantitative estimate of drug-likeness (QED) is 0.678. The number of anilines is 1. The van der Waals surface area contributed by atoms with E-state index in [4.69, 9.17) is 0 Å². The Balaban J connectivity index is 1.71. The maximum Gasteiger partial charge on any atom is 0.243 e. The van der Waals surface area contributed by atoms with Gasteiger partial charge >= 0.3 is 0 Å². The lowest BCUT2D eigenvalue weighted by atomic mass is 10.1. The van der Waals surface area contributed by atoms with Gasteiger partial charge in [-0.3, -0.25) is 9.59 Å². The first kappa shape index (κ1) is 23.0. The van der Waals surface area contributed by atoms with Gasteiger partial charge in [-0.2, -0.15) is 4.31 Å². The molecule has 1 aliphatic heterocycles. The average Bonchev–Trinajstić information content (AvgIpc) is 3.16. The maximum absolute atomic E-state index is 12.8. The number of sulfonamides is 1. The summed E-state index contributed by atoms with van der Waals surface area (Å²) in [7, 11) is -3.62. The van der Waals surface area contributed by atoms with Crippen molar-refractivity contribution in [3.8, 4) is 0 Å². The number of hydrogen-bond donors (Lipinski definition) is 1. The summed E-state index contributed by atoms with van der Waals surface area (Å²) in [6.07, 6.45) is 0.139. The van der Waals surface area contributed by atoms with Crippen LogP contribution in [0.4, 0.5) is 5.69 Å². The van der Waals surface area contributed by atoms with Crippen LogP contribution in [0.25, 0.3) is 0 Å². The van der Waals surface area contributed by atoms with Crippen molar-refractivity contribution >= 4 is 27.5 Å². The van der Waals surface area contributed by atoms with E-state index in [2.05, 4.69) is 5.32 Å². The summed E-state index contributed by atoms with van der Waals surface area (Å²) in [4.78, 5) is 27.2. The fraction of sp³-hybridized carbons (Fsp3) is 0.391. The van der Waals surface area contributed by atoms with E-state index in [1.807, 2.05) is 37.3 Å². The molecule has 0 aliphatic carbocycles. The zero-order valence-corrected chi connectivity index (χ0v) is 18.9. The lowest BCUT2D eigenvalue weighted by molar-refractivity contribution is -0.129. The predicted molar refractivity (Wildman–Crippen MR) is 120 cm³/mol. The Labute approximate surface area is 184 Å². The molecule has 2 atom stereocenters. The van der Waals surface area contributed by atoms with Crippen molar-refractivity contribution in [2.75, 3.05) is 25.0 Å². The van der Waals surface area contributed by atoms with Crippen LogP contribution in [0.2, 0.25) is 0 Å². The van der Waals surface area contributed by atoms with Gasteiger partial charge < -0.3 is 10.2 Å². The molecule has 1 aliphatic rings. The molecule has 2 aromatic rings. The molecule has 0 aromatic heterocycles. The summed E-state index contributed by atoms with van der Waals surface area (Å²) < 4.78 is 26.9. The number of likely N-dealkylation sites (tertiary alicyclic amines) is 1. The summed E-state index contributed by atoms with van der Waals surface area (Å²) in [6, 6.07) is 15.8. The van der Waals surface area contributed by atoms with Crippen molar-refractivity contribution < 1.29 is 18.0 Å². The van der Waals surface area contributed by atoms with E-state index in [0.29, 0.717) is 25.3 Å². The Morgan fingerprint density at radius 3 is 2.45 bits per heavy atom. The minimum atomic E-state index is -3.62. The van der Waals surface area contributed by atoms with Crippen molar-refractivity contribution in [2.45, 2.75) is 38.1 Å². The molecule has 3 rings (SSSR count). The highest BCUT2D eigenvalue weighted by molar-refractivity contribution is 7.89. The topological polar surface area (TPSA) is 86.8 Å². The van der Waals surface area contributed by atoms with Gasteiger partial charge in [0.1, 0.15) is 0 Å². The second kappa shape index (κ2) is 9.62. The molecular formula is C23H29N3O4S. The minimum absolute atomic E-state index is 0.0608. The van der Waals surface area contributed by atoms with E-state index < -0.39 is 15.9 Å². The smallest absolute Gasteiger partial charge is 0.243 e. The van der Waals surface area contributed by atoms with Crippen LogP contribution in [0.3, 0.4) is 0 Å². The SMILES string of the molecule is CCN(CC)S(=O)(=O)c1cccc(NC(=O)[C@H]2CC(=O)N([C@H](C)c3ccccc3)C2)c1. The summed E-state index contributed by atoms with van der Waals surface area (Å²) in [5.74, 6) is -0.829. The number of benzene rings is 2. The van der Waals surface area contributed by atoms with Crippen molar-refractivity contribution in [3.05, 3.63) is 60.2 Å². The number of amides is 2. The molecule has 2 amide bonds. The summed E-state index contributed by atoms with van der Waals surface area (Å²) in [5.41, 5.74) is 1.42. The van der Waals surface area contributed by atoms with E-state index in [9.17, 15) is 18.0 Å². The van der Waals surface area contributed by atoms with E-state index in [0.717, 1.165) is 5.56 Å². The van der Waals surface area contributed by atoms with Gasteiger partial charge in [0, 0.05) is 31.7 Å². The molecule has 166 valence electrons. The van der Waals surface area contributed by atoms with Crippen LogP contribution in [0.5, 0.6) is 0 Å². The molecule has 1 saturated heterocycles. The average molecular weight is 444 g/mol. The molecule has 0 spiro atoms.